The maximum atomic E-state index is 11.7. The molecule has 2 atom stereocenters. The van der Waals surface area contributed by atoms with Crippen LogP contribution in [0.3, 0.4) is 0 Å². The summed E-state index contributed by atoms with van der Waals surface area (Å²) in [4.78, 5) is 11.7. The molecule has 0 bridgehead atoms. The van der Waals surface area contributed by atoms with Crippen LogP contribution < -0.4 is 0 Å². The van der Waals surface area contributed by atoms with E-state index in [1.54, 1.807) is 0 Å². The number of methoxy groups -OCH3 is 1. The van der Waals surface area contributed by atoms with E-state index in [1.165, 1.54) is 7.11 Å². The minimum absolute atomic E-state index is 0.0444. The van der Waals surface area contributed by atoms with E-state index in [9.17, 15) is 4.79 Å². The summed E-state index contributed by atoms with van der Waals surface area (Å²) in [5.74, 6) is 9.48. The first kappa shape index (κ1) is 35.6. The van der Waals surface area contributed by atoms with Gasteiger partial charge < -0.3 is 13.6 Å². The van der Waals surface area contributed by atoms with E-state index in [0.717, 1.165) is 0 Å². The lowest BCUT2D eigenvalue weighted by Gasteiger charge is -2.38. The second kappa shape index (κ2) is 14.7. The average molecular weight is 563 g/mol. The minimum Gasteiger partial charge on any atom is -0.469 e. The van der Waals surface area contributed by atoms with Gasteiger partial charge in [-0.3, -0.25) is 4.79 Å². The molecule has 0 aromatic carbocycles. The van der Waals surface area contributed by atoms with E-state index < -0.39 is 24.7 Å². The van der Waals surface area contributed by atoms with E-state index >= 15 is 0 Å². The van der Waals surface area contributed by atoms with E-state index in [2.05, 4.69) is 117 Å². The average Bonchev–Trinajstić information content (AvgIpc) is 2.70. The molecule has 0 fully saturated rings. The van der Waals surface area contributed by atoms with Crippen LogP contribution >= 0.6 is 0 Å². The third kappa shape index (κ3) is 15.0. The Bertz CT molecular complexity index is 905. The van der Waals surface area contributed by atoms with Crippen LogP contribution in [0.5, 0.6) is 0 Å². The zero-order valence-corrected chi connectivity index (χ0v) is 29.2. The molecule has 4 nitrogen and oxygen atoms in total. The lowest BCUT2D eigenvalue weighted by atomic mass is 10.2. The molecule has 0 saturated carbocycles. The zero-order chi connectivity index (χ0) is 29.1. The van der Waals surface area contributed by atoms with Crippen LogP contribution in [0.25, 0.3) is 0 Å². The Hall–Kier alpha value is -1.36. The van der Waals surface area contributed by atoms with Crippen LogP contribution in [0, 0.1) is 23.3 Å². The summed E-state index contributed by atoms with van der Waals surface area (Å²) in [7, 11) is -3.96. The van der Waals surface area contributed by atoms with Crippen LogP contribution in [-0.2, 0) is 18.4 Å². The van der Waals surface area contributed by atoms with Crippen LogP contribution in [0.15, 0.2) is 24.3 Å². The molecule has 0 aromatic rings. The number of carbonyl (C=O) groups excluding carboxylic acids is 1. The molecule has 0 aliphatic heterocycles. The van der Waals surface area contributed by atoms with Crippen molar-refractivity contribution in [1.29, 1.82) is 0 Å². The van der Waals surface area contributed by atoms with Crippen molar-refractivity contribution in [1.82, 2.24) is 0 Å². The molecule has 0 unspecified atom stereocenters. The fourth-order valence-electron chi connectivity index (χ4n) is 2.60. The van der Waals surface area contributed by atoms with Gasteiger partial charge >= 0.3 is 5.97 Å². The quantitative estimate of drug-likeness (QED) is 0.117. The molecule has 0 aromatic heterocycles. The maximum absolute atomic E-state index is 11.7. The van der Waals surface area contributed by atoms with Crippen LogP contribution in [0.4, 0.5) is 0 Å². The van der Waals surface area contributed by atoms with Crippen molar-refractivity contribution < 1.29 is 18.4 Å². The number of carbonyl (C=O) groups is 1. The molecule has 0 radical (unpaired) electrons. The van der Waals surface area contributed by atoms with Crippen molar-refractivity contribution in [3.8, 4) is 23.3 Å². The van der Waals surface area contributed by atoms with Gasteiger partial charge in [-0.25, -0.2) is 0 Å². The molecule has 0 amide bonds. The van der Waals surface area contributed by atoms with Gasteiger partial charge in [0, 0.05) is 12.8 Å². The predicted octanol–water partition coefficient (Wildman–Crippen LogP) is 8.11. The highest BCUT2D eigenvalue weighted by atomic mass is 28.4. The Morgan fingerprint density at radius 1 is 0.865 bits per heavy atom. The van der Waals surface area contributed by atoms with E-state index in [1.807, 2.05) is 18.2 Å². The highest BCUT2D eigenvalue weighted by Crippen LogP contribution is 2.38. The molecular formula is C30H54O4Si3. The van der Waals surface area contributed by atoms with Gasteiger partial charge in [0.05, 0.1) is 13.2 Å². The lowest BCUT2D eigenvalue weighted by Crippen LogP contribution is -2.43. The summed E-state index contributed by atoms with van der Waals surface area (Å²) >= 11 is 0. The highest BCUT2D eigenvalue weighted by Gasteiger charge is 2.39. The van der Waals surface area contributed by atoms with Crippen LogP contribution in [-0.4, -0.2) is 50.0 Å². The van der Waals surface area contributed by atoms with Gasteiger partial charge in [-0.15, -0.1) is 11.5 Å². The fourth-order valence-corrected chi connectivity index (χ4v) is 5.74. The van der Waals surface area contributed by atoms with E-state index in [-0.39, 0.29) is 28.3 Å². The molecule has 210 valence electrons. The van der Waals surface area contributed by atoms with Gasteiger partial charge in [0.2, 0.25) is 0 Å². The summed E-state index contributed by atoms with van der Waals surface area (Å²) in [6.07, 6.45) is 9.02. The number of hydrogen-bond donors (Lipinski definition) is 0. The maximum Gasteiger partial charge on any atom is 0.305 e. The molecule has 0 aliphatic carbocycles. The first-order valence-corrected chi connectivity index (χ1v) is 22.7. The summed E-state index contributed by atoms with van der Waals surface area (Å²) in [6.45, 7) is 29.1. The van der Waals surface area contributed by atoms with Crippen molar-refractivity contribution in [3.63, 3.8) is 0 Å². The van der Waals surface area contributed by atoms with Gasteiger partial charge in [0.25, 0.3) is 0 Å². The van der Waals surface area contributed by atoms with E-state index in [0.29, 0.717) is 19.3 Å². The SMILES string of the molecule is COC(=O)CC[C@@H](C#C/C=C/C=C/[C@@H](CC#C[Si](C)(C)C)O[Si](C)(C)C(C)(C)C)O[Si](C)(C)C(C)(C)C. The normalized spacial score (nSPS) is 15.1. The summed E-state index contributed by atoms with van der Waals surface area (Å²) in [5, 5.41) is 0.199. The number of ether oxygens (including phenoxy) is 1. The molecule has 0 spiro atoms. The Morgan fingerprint density at radius 3 is 1.89 bits per heavy atom. The standard InChI is InChI=1S/C30H54O4Si3/c1-29(2,3)36(11,12)33-26(22-19-25-35(8,9)10)20-17-15-16-18-21-27(23-24-28(31)32-7)34-37(13,14)30(4,5)6/h15-17,20,26-27H,22-24H2,1-14H3/b16-15+,20-17+/t26-,27+/m0/s1. The predicted molar refractivity (Wildman–Crippen MR) is 167 cm³/mol. The first-order valence-electron chi connectivity index (χ1n) is 13.4. The Kier molecular flexibility index (Phi) is 14.2. The van der Waals surface area contributed by atoms with Crippen molar-refractivity contribution in [3.05, 3.63) is 24.3 Å². The molecule has 7 heteroatoms. The molecule has 0 rings (SSSR count). The largest absolute Gasteiger partial charge is 0.469 e. The number of esters is 1. The van der Waals surface area contributed by atoms with Crippen molar-refractivity contribution in [2.75, 3.05) is 7.11 Å². The van der Waals surface area contributed by atoms with Gasteiger partial charge in [-0.05, 0) is 48.8 Å². The summed E-state index contributed by atoms with van der Waals surface area (Å²) in [6, 6.07) is 0. The molecule has 37 heavy (non-hydrogen) atoms. The van der Waals surface area contributed by atoms with Crippen molar-refractivity contribution >= 4 is 30.7 Å². The second-order valence-electron chi connectivity index (χ2n) is 13.7. The monoisotopic (exact) mass is 562 g/mol. The van der Waals surface area contributed by atoms with E-state index in [4.69, 9.17) is 13.6 Å². The molecular weight excluding hydrogens is 509 g/mol. The van der Waals surface area contributed by atoms with Gasteiger partial charge in [-0.2, -0.15) is 0 Å². The van der Waals surface area contributed by atoms with Crippen molar-refractivity contribution in [2.24, 2.45) is 0 Å². The Balaban J connectivity index is 5.61. The van der Waals surface area contributed by atoms with Gasteiger partial charge in [0.1, 0.15) is 14.2 Å². The number of hydrogen-bond acceptors (Lipinski definition) is 4. The molecule has 0 saturated heterocycles. The number of allylic oxidation sites excluding steroid dienone is 3. The van der Waals surface area contributed by atoms with Crippen LogP contribution in [0.1, 0.15) is 60.8 Å². The minimum atomic E-state index is -2.02. The fraction of sp³-hybridized carbons (Fsp3) is 0.700. The van der Waals surface area contributed by atoms with Gasteiger partial charge in [0.15, 0.2) is 16.6 Å². The van der Waals surface area contributed by atoms with Crippen LogP contribution in [0.2, 0.25) is 55.9 Å². The lowest BCUT2D eigenvalue weighted by molar-refractivity contribution is -0.141. The zero-order valence-electron chi connectivity index (χ0n) is 26.2. The van der Waals surface area contributed by atoms with Gasteiger partial charge in [-0.1, -0.05) is 91.3 Å². The molecule has 0 heterocycles. The summed E-state index contributed by atoms with van der Waals surface area (Å²) in [5.41, 5.74) is 3.46. The third-order valence-corrected chi connectivity index (χ3v) is 16.9. The highest BCUT2D eigenvalue weighted by molar-refractivity contribution is 6.83. The molecule has 0 N–H and O–H groups in total. The Labute approximate surface area is 232 Å². The number of rotatable bonds is 10. The summed E-state index contributed by atoms with van der Waals surface area (Å²) < 4.78 is 17.9. The first-order chi connectivity index (χ1) is 16.6. The second-order valence-corrected chi connectivity index (χ2v) is 27.9. The molecule has 0 aliphatic rings. The third-order valence-electron chi connectivity index (χ3n) is 6.96. The van der Waals surface area contributed by atoms with Crippen molar-refractivity contribution in [2.45, 2.75) is 129 Å². The smallest absolute Gasteiger partial charge is 0.305 e. The Morgan fingerprint density at radius 2 is 1.41 bits per heavy atom. The topological polar surface area (TPSA) is 44.8 Å².